The average Bonchev–Trinajstić information content (AvgIpc) is 2.96. The predicted octanol–water partition coefficient (Wildman–Crippen LogP) is 8.86. The number of hydrogen-bond acceptors (Lipinski definition) is 5. The van der Waals surface area contributed by atoms with Crippen molar-refractivity contribution in [1.82, 2.24) is 0 Å². The Labute approximate surface area is 225 Å². The van der Waals surface area contributed by atoms with Crippen LogP contribution in [-0.2, 0) is 0 Å². The zero-order chi connectivity index (χ0) is 26.6. The van der Waals surface area contributed by atoms with Crippen molar-refractivity contribution < 1.29 is 23.7 Å². The van der Waals surface area contributed by atoms with E-state index in [0.29, 0.717) is 47.3 Å². The molecule has 0 aliphatic heterocycles. The van der Waals surface area contributed by atoms with Gasteiger partial charge in [-0.15, -0.1) is 0 Å². The minimum atomic E-state index is -0.0646. The zero-order valence-electron chi connectivity index (χ0n) is 22.0. The molecule has 0 spiro atoms. The summed E-state index contributed by atoms with van der Waals surface area (Å²) < 4.78 is 23.2. The van der Waals surface area contributed by atoms with Gasteiger partial charge in [0.2, 0.25) is 0 Å². The molecule has 0 fully saturated rings. The maximum absolute atomic E-state index is 13.0. The van der Waals surface area contributed by atoms with Crippen LogP contribution < -0.4 is 18.9 Å². The molecule has 0 radical (unpaired) electrons. The molecule has 0 aromatic heterocycles. The average molecular weight is 511 g/mol. The quantitative estimate of drug-likeness (QED) is 0.125. The molecule has 4 aromatic carbocycles. The summed E-state index contributed by atoms with van der Waals surface area (Å²) in [6, 6.07) is 29.4. The molecule has 0 N–H and O–H groups in total. The van der Waals surface area contributed by atoms with Gasteiger partial charge < -0.3 is 18.9 Å². The molecule has 0 heterocycles. The Hall–Kier alpha value is -4.25. The molecule has 38 heavy (non-hydrogen) atoms. The summed E-state index contributed by atoms with van der Waals surface area (Å²) in [4.78, 5) is 13.0. The molecule has 5 heteroatoms. The first kappa shape index (κ1) is 26.8. The Balaban J connectivity index is 1.30. The fourth-order valence-electron chi connectivity index (χ4n) is 3.66. The van der Waals surface area contributed by atoms with Gasteiger partial charge in [0.25, 0.3) is 0 Å². The van der Waals surface area contributed by atoms with Crippen molar-refractivity contribution in [2.24, 2.45) is 0 Å². The molecular weight excluding hydrogens is 476 g/mol. The van der Waals surface area contributed by atoms with Gasteiger partial charge in [-0.05, 0) is 110 Å². The van der Waals surface area contributed by atoms with Gasteiger partial charge >= 0.3 is 0 Å². The highest BCUT2D eigenvalue weighted by atomic mass is 16.5. The van der Waals surface area contributed by atoms with Crippen LogP contribution in [0.4, 0.5) is 0 Å². The number of benzene rings is 4. The van der Waals surface area contributed by atoms with E-state index in [0.717, 1.165) is 37.2 Å². The van der Waals surface area contributed by atoms with Crippen LogP contribution in [0.5, 0.6) is 34.5 Å². The second kappa shape index (κ2) is 13.9. The Morgan fingerprint density at radius 3 is 1.08 bits per heavy atom. The lowest BCUT2D eigenvalue weighted by Crippen LogP contribution is -2.01. The molecule has 0 aliphatic carbocycles. The van der Waals surface area contributed by atoms with Gasteiger partial charge in [-0.3, -0.25) is 4.79 Å². The summed E-state index contributed by atoms with van der Waals surface area (Å²) >= 11 is 0. The summed E-state index contributed by atoms with van der Waals surface area (Å²) in [7, 11) is 0. The standard InChI is InChI=1S/C33H34O5/c1-3-5-23-35-27-15-19-31(20-16-27)37-29-11-7-25(8-12-29)33(34)26-9-13-30(14-10-26)38-32-21-17-28(18-22-32)36-24-6-4-2/h7-22H,3-6,23-24H2,1-2H3. The van der Waals surface area contributed by atoms with Crippen molar-refractivity contribution in [3.05, 3.63) is 108 Å². The first-order valence-electron chi connectivity index (χ1n) is 13.2. The fraction of sp³-hybridized carbons (Fsp3) is 0.242. The van der Waals surface area contributed by atoms with Crippen LogP contribution in [0.2, 0.25) is 0 Å². The molecule has 0 saturated heterocycles. The minimum absolute atomic E-state index is 0.0646. The molecule has 0 bridgehead atoms. The van der Waals surface area contributed by atoms with Crippen LogP contribution in [0.3, 0.4) is 0 Å². The molecule has 0 atom stereocenters. The highest BCUT2D eigenvalue weighted by molar-refractivity contribution is 6.09. The van der Waals surface area contributed by atoms with E-state index in [9.17, 15) is 4.79 Å². The molecule has 5 nitrogen and oxygen atoms in total. The topological polar surface area (TPSA) is 54.0 Å². The van der Waals surface area contributed by atoms with Crippen molar-refractivity contribution in [3.8, 4) is 34.5 Å². The first-order chi connectivity index (χ1) is 18.6. The number of hydrogen-bond donors (Lipinski definition) is 0. The summed E-state index contributed by atoms with van der Waals surface area (Å²) in [6.07, 6.45) is 4.27. The van der Waals surface area contributed by atoms with E-state index in [1.54, 1.807) is 48.5 Å². The number of ketones is 1. The molecular formula is C33H34O5. The maximum Gasteiger partial charge on any atom is 0.193 e. The minimum Gasteiger partial charge on any atom is -0.494 e. The third-order valence-corrected chi connectivity index (χ3v) is 5.89. The summed E-state index contributed by atoms with van der Waals surface area (Å²) in [5.41, 5.74) is 1.17. The number of carbonyl (C=O) groups excluding carboxylic acids is 1. The number of carbonyl (C=O) groups is 1. The summed E-state index contributed by atoms with van der Waals surface area (Å²) in [5.74, 6) is 4.33. The van der Waals surface area contributed by atoms with E-state index in [1.807, 2.05) is 48.5 Å². The van der Waals surface area contributed by atoms with Crippen LogP contribution >= 0.6 is 0 Å². The van der Waals surface area contributed by atoms with E-state index < -0.39 is 0 Å². The van der Waals surface area contributed by atoms with E-state index in [-0.39, 0.29) is 5.78 Å². The van der Waals surface area contributed by atoms with Crippen molar-refractivity contribution in [3.63, 3.8) is 0 Å². The molecule has 4 aromatic rings. The normalized spacial score (nSPS) is 10.6. The highest BCUT2D eigenvalue weighted by Crippen LogP contribution is 2.27. The fourth-order valence-corrected chi connectivity index (χ4v) is 3.66. The van der Waals surface area contributed by atoms with Gasteiger partial charge in [0.1, 0.15) is 34.5 Å². The van der Waals surface area contributed by atoms with Gasteiger partial charge in [-0.1, -0.05) is 26.7 Å². The van der Waals surface area contributed by atoms with Crippen LogP contribution in [0.25, 0.3) is 0 Å². The van der Waals surface area contributed by atoms with Crippen LogP contribution in [-0.4, -0.2) is 19.0 Å². The Morgan fingerprint density at radius 1 is 0.474 bits per heavy atom. The van der Waals surface area contributed by atoms with Crippen molar-refractivity contribution in [2.45, 2.75) is 39.5 Å². The number of ether oxygens (including phenoxy) is 4. The maximum atomic E-state index is 13.0. The van der Waals surface area contributed by atoms with Crippen molar-refractivity contribution in [2.75, 3.05) is 13.2 Å². The van der Waals surface area contributed by atoms with Crippen molar-refractivity contribution in [1.29, 1.82) is 0 Å². The molecule has 0 unspecified atom stereocenters. The lowest BCUT2D eigenvalue weighted by molar-refractivity contribution is 0.103. The number of rotatable bonds is 14. The first-order valence-corrected chi connectivity index (χ1v) is 13.2. The monoisotopic (exact) mass is 510 g/mol. The molecule has 196 valence electrons. The molecule has 0 saturated carbocycles. The van der Waals surface area contributed by atoms with Gasteiger partial charge in [0.15, 0.2) is 5.78 Å². The second-order valence-corrected chi connectivity index (χ2v) is 8.93. The smallest absolute Gasteiger partial charge is 0.193 e. The second-order valence-electron chi connectivity index (χ2n) is 8.93. The van der Waals surface area contributed by atoms with Crippen LogP contribution in [0.15, 0.2) is 97.1 Å². The molecule has 0 amide bonds. The number of unbranched alkanes of at least 4 members (excludes halogenated alkanes) is 2. The third-order valence-electron chi connectivity index (χ3n) is 5.89. The lowest BCUT2D eigenvalue weighted by Gasteiger charge is -2.10. The SMILES string of the molecule is CCCCOc1ccc(Oc2ccc(C(=O)c3ccc(Oc4ccc(OCCCC)cc4)cc3)cc2)cc1. The Bertz CT molecular complexity index is 1160. The Morgan fingerprint density at radius 2 is 0.763 bits per heavy atom. The predicted molar refractivity (Wildman–Crippen MR) is 150 cm³/mol. The van der Waals surface area contributed by atoms with E-state index >= 15 is 0 Å². The van der Waals surface area contributed by atoms with Crippen LogP contribution in [0, 0.1) is 0 Å². The van der Waals surface area contributed by atoms with Gasteiger partial charge in [0, 0.05) is 11.1 Å². The zero-order valence-corrected chi connectivity index (χ0v) is 22.0. The third kappa shape index (κ3) is 7.87. The molecule has 0 aliphatic rings. The summed E-state index contributed by atoms with van der Waals surface area (Å²) in [6.45, 7) is 5.70. The van der Waals surface area contributed by atoms with Gasteiger partial charge in [-0.25, -0.2) is 0 Å². The van der Waals surface area contributed by atoms with Gasteiger partial charge in [0.05, 0.1) is 13.2 Å². The van der Waals surface area contributed by atoms with Gasteiger partial charge in [-0.2, -0.15) is 0 Å². The van der Waals surface area contributed by atoms with E-state index in [4.69, 9.17) is 18.9 Å². The van der Waals surface area contributed by atoms with E-state index in [1.165, 1.54) is 0 Å². The van der Waals surface area contributed by atoms with Crippen LogP contribution in [0.1, 0.15) is 55.5 Å². The largest absolute Gasteiger partial charge is 0.494 e. The highest BCUT2D eigenvalue weighted by Gasteiger charge is 2.10. The molecule has 4 rings (SSSR count). The lowest BCUT2D eigenvalue weighted by atomic mass is 10.0. The Kier molecular flexibility index (Phi) is 9.80. The van der Waals surface area contributed by atoms with E-state index in [2.05, 4.69) is 13.8 Å². The summed E-state index contributed by atoms with van der Waals surface area (Å²) in [5, 5.41) is 0. The van der Waals surface area contributed by atoms with Crippen molar-refractivity contribution >= 4 is 5.78 Å².